The summed E-state index contributed by atoms with van der Waals surface area (Å²) in [4.78, 5) is 9.37. The van der Waals surface area contributed by atoms with Gasteiger partial charge in [-0.1, -0.05) is 43.3 Å². The largest absolute Gasteiger partial charge is 0.507 e. The number of phenolic OH excluding ortho intramolecular Hbond substituents is 1. The van der Waals surface area contributed by atoms with Crippen LogP contribution in [-0.2, 0) is 4.79 Å². The molecule has 0 aliphatic carbocycles. The van der Waals surface area contributed by atoms with E-state index in [0.29, 0.717) is 5.75 Å². The van der Waals surface area contributed by atoms with Crippen molar-refractivity contribution < 1.29 is 15.0 Å². The SMILES string of the molecule is CCC(=O)O.Cc1ccc2ccccc2c1O. The third kappa shape index (κ3) is 3.48. The first-order valence-corrected chi connectivity index (χ1v) is 5.45. The van der Waals surface area contributed by atoms with Crippen LogP contribution in [0.15, 0.2) is 36.4 Å². The van der Waals surface area contributed by atoms with E-state index in [4.69, 9.17) is 5.11 Å². The van der Waals surface area contributed by atoms with E-state index in [1.54, 1.807) is 6.92 Å². The Morgan fingerprint density at radius 3 is 2.35 bits per heavy atom. The van der Waals surface area contributed by atoms with Gasteiger partial charge in [0.05, 0.1) is 0 Å². The Morgan fingerprint density at radius 1 is 1.18 bits per heavy atom. The van der Waals surface area contributed by atoms with E-state index < -0.39 is 5.97 Å². The molecule has 0 saturated heterocycles. The van der Waals surface area contributed by atoms with Crippen LogP contribution in [0.4, 0.5) is 0 Å². The zero-order valence-electron chi connectivity index (χ0n) is 9.97. The smallest absolute Gasteiger partial charge is 0.303 e. The van der Waals surface area contributed by atoms with Crippen LogP contribution in [0.2, 0.25) is 0 Å². The lowest BCUT2D eigenvalue weighted by Crippen LogP contribution is -1.86. The highest BCUT2D eigenvalue weighted by Crippen LogP contribution is 2.27. The predicted molar refractivity (Wildman–Crippen MR) is 68.3 cm³/mol. The Balaban J connectivity index is 0.000000249. The molecular formula is C14H16O3. The molecule has 2 aromatic carbocycles. The van der Waals surface area contributed by atoms with Crippen LogP contribution in [-0.4, -0.2) is 16.2 Å². The van der Waals surface area contributed by atoms with Gasteiger partial charge in [0.25, 0.3) is 0 Å². The Hall–Kier alpha value is -2.03. The molecular weight excluding hydrogens is 216 g/mol. The Labute approximate surface area is 100 Å². The van der Waals surface area contributed by atoms with Crippen molar-refractivity contribution in [3.8, 4) is 5.75 Å². The fourth-order valence-electron chi connectivity index (χ4n) is 1.36. The van der Waals surface area contributed by atoms with Crippen molar-refractivity contribution in [3.05, 3.63) is 42.0 Å². The van der Waals surface area contributed by atoms with Crippen molar-refractivity contribution >= 4 is 16.7 Å². The molecule has 0 radical (unpaired) electrons. The van der Waals surface area contributed by atoms with Crippen LogP contribution in [0.5, 0.6) is 5.75 Å². The normalized spacial score (nSPS) is 9.53. The molecule has 2 aromatic rings. The summed E-state index contributed by atoms with van der Waals surface area (Å²) in [5, 5.41) is 19.4. The highest BCUT2D eigenvalue weighted by atomic mass is 16.4. The predicted octanol–water partition coefficient (Wildman–Crippen LogP) is 3.33. The van der Waals surface area contributed by atoms with Crippen LogP contribution in [0.25, 0.3) is 10.8 Å². The van der Waals surface area contributed by atoms with Gasteiger partial charge in [-0.3, -0.25) is 4.79 Å². The third-order valence-corrected chi connectivity index (χ3v) is 2.40. The molecule has 0 aliphatic heterocycles. The fraction of sp³-hybridized carbons (Fsp3) is 0.214. The zero-order valence-corrected chi connectivity index (χ0v) is 9.97. The summed E-state index contributed by atoms with van der Waals surface area (Å²) in [6, 6.07) is 11.8. The van der Waals surface area contributed by atoms with Crippen LogP contribution in [0.3, 0.4) is 0 Å². The van der Waals surface area contributed by atoms with Gasteiger partial charge in [-0.05, 0) is 17.9 Å². The molecule has 0 unspecified atom stereocenters. The number of carboxylic acid groups (broad SMARTS) is 1. The van der Waals surface area contributed by atoms with Gasteiger partial charge in [-0.2, -0.15) is 0 Å². The molecule has 0 atom stereocenters. The van der Waals surface area contributed by atoms with Gasteiger partial charge in [-0.25, -0.2) is 0 Å². The van der Waals surface area contributed by atoms with Gasteiger partial charge < -0.3 is 10.2 Å². The van der Waals surface area contributed by atoms with Gasteiger partial charge in [0, 0.05) is 11.8 Å². The van der Waals surface area contributed by atoms with Crippen LogP contribution < -0.4 is 0 Å². The first-order chi connectivity index (χ1) is 8.06. The maximum atomic E-state index is 9.66. The van der Waals surface area contributed by atoms with E-state index in [1.165, 1.54) is 0 Å². The van der Waals surface area contributed by atoms with Crippen molar-refractivity contribution in [3.63, 3.8) is 0 Å². The first kappa shape index (κ1) is 13.0. The van der Waals surface area contributed by atoms with Crippen molar-refractivity contribution in [2.75, 3.05) is 0 Å². The number of benzene rings is 2. The topological polar surface area (TPSA) is 57.5 Å². The van der Waals surface area contributed by atoms with Crippen molar-refractivity contribution in [1.29, 1.82) is 0 Å². The molecule has 0 bridgehead atoms. The maximum Gasteiger partial charge on any atom is 0.303 e. The number of rotatable bonds is 1. The summed E-state index contributed by atoms with van der Waals surface area (Å²) in [7, 11) is 0. The number of carbonyl (C=O) groups is 1. The van der Waals surface area contributed by atoms with Crippen molar-refractivity contribution in [1.82, 2.24) is 0 Å². The molecule has 0 saturated carbocycles. The van der Waals surface area contributed by atoms with E-state index in [-0.39, 0.29) is 6.42 Å². The Kier molecular flexibility index (Phi) is 4.52. The Bertz CT molecular complexity index is 518. The average Bonchev–Trinajstić information content (AvgIpc) is 2.35. The number of phenols is 1. The number of fused-ring (bicyclic) bond motifs is 1. The molecule has 3 heteroatoms. The molecule has 17 heavy (non-hydrogen) atoms. The summed E-state index contributed by atoms with van der Waals surface area (Å²) in [6.07, 6.45) is 0.222. The highest BCUT2D eigenvalue weighted by Gasteiger charge is 2.00. The summed E-state index contributed by atoms with van der Waals surface area (Å²) in [5.74, 6) is -0.349. The molecule has 0 spiro atoms. The number of carboxylic acids is 1. The Morgan fingerprint density at radius 2 is 1.76 bits per heavy atom. The lowest BCUT2D eigenvalue weighted by Gasteiger charge is -2.02. The van der Waals surface area contributed by atoms with E-state index >= 15 is 0 Å². The molecule has 2 rings (SSSR count). The summed E-state index contributed by atoms with van der Waals surface area (Å²) in [5.41, 5.74) is 0.925. The molecule has 0 aromatic heterocycles. The molecule has 2 N–H and O–H groups in total. The minimum absolute atomic E-state index is 0.222. The average molecular weight is 232 g/mol. The fourth-order valence-corrected chi connectivity index (χ4v) is 1.36. The second-order valence-electron chi connectivity index (χ2n) is 3.70. The maximum absolute atomic E-state index is 9.66. The summed E-state index contributed by atoms with van der Waals surface area (Å²) >= 11 is 0. The van der Waals surface area contributed by atoms with Crippen molar-refractivity contribution in [2.24, 2.45) is 0 Å². The van der Waals surface area contributed by atoms with E-state index in [1.807, 2.05) is 43.3 Å². The summed E-state index contributed by atoms with van der Waals surface area (Å²) in [6.45, 7) is 3.50. The van der Waals surface area contributed by atoms with Gasteiger partial charge >= 0.3 is 5.97 Å². The molecule has 3 nitrogen and oxygen atoms in total. The molecule has 0 heterocycles. The van der Waals surface area contributed by atoms with E-state index in [9.17, 15) is 9.90 Å². The minimum atomic E-state index is -0.745. The number of hydrogen-bond donors (Lipinski definition) is 2. The van der Waals surface area contributed by atoms with Crippen LogP contribution in [0.1, 0.15) is 18.9 Å². The van der Waals surface area contributed by atoms with Gasteiger partial charge in [0.15, 0.2) is 0 Å². The molecule has 0 aliphatic rings. The van der Waals surface area contributed by atoms with Gasteiger partial charge in [0.2, 0.25) is 0 Å². The van der Waals surface area contributed by atoms with Gasteiger partial charge in [-0.15, -0.1) is 0 Å². The van der Waals surface area contributed by atoms with Crippen LogP contribution in [0, 0.1) is 6.92 Å². The van der Waals surface area contributed by atoms with E-state index in [2.05, 4.69) is 0 Å². The minimum Gasteiger partial charge on any atom is -0.507 e. The third-order valence-electron chi connectivity index (χ3n) is 2.40. The number of hydrogen-bond acceptors (Lipinski definition) is 2. The summed E-state index contributed by atoms with van der Waals surface area (Å²) < 4.78 is 0. The van der Waals surface area contributed by atoms with Crippen LogP contribution >= 0.6 is 0 Å². The lowest BCUT2D eigenvalue weighted by molar-refractivity contribution is -0.136. The first-order valence-electron chi connectivity index (χ1n) is 5.45. The molecule has 0 amide bonds. The zero-order chi connectivity index (χ0) is 12.8. The molecule has 90 valence electrons. The van der Waals surface area contributed by atoms with E-state index in [0.717, 1.165) is 16.3 Å². The lowest BCUT2D eigenvalue weighted by atomic mass is 10.1. The standard InChI is InChI=1S/C11H10O.C3H6O2/c1-8-6-7-9-4-2-3-5-10(9)11(8)12;1-2-3(4)5/h2-7,12H,1H3;2H2,1H3,(H,4,5). The number of aromatic hydroxyl groups is 1. The molecule has 0 fully saturated rings. The number of aliphatic carboxylic acids is 1. The van der Waals surface area contributed by atoms with Gasteiger partial charge in [0.1, 0.15) is 5.75 Å². The second-order valence-corrected chi connectivity index (χ2v) is 3.70. The quantitative estimate of drug-likeness (QED) is 0.792. The monoisotopic (exact) mass is 232 g/mol. The number of aryl methyl sites for hydroxylation is 1. The highest BCUT2D eigenvalue weighted by molar-refractivity contribution is 5.89. The second kappa shape index (κ2) is 5.89. The van der Waals surface area contributed by atoms with Crippen molar-refractivity contribution in [2.45, 2.75) is 20.3 Å².